The van der Waals surface area contributed by atoms with E-state index in [1.54, 1.807) is 19.1 Å². The number of unbranched alkanes of at least 4 members (excludes halogenated alkanes) is 8. The van der Waals surface area contributed by atoms with E-state index in [9.17, 15) is 30.0 Å². The Morgan fingerprint density at radius 3 is 2.21 bits per heavy atom. The molecule has 0 aliphatic heterocycles. The van der Waals surface area contributed by atoms with Gasteiger partial charge >= 0.3 is 5.97 Å². The van der Waals surface area contributed by atoms with Crippen LogP contribution in [0.1, 0.15) is 105 Å². The predicted octanol–water partition coefficient (Wildman–Crippen LogP) is 4.40. The van der Waals surface area contributed by atoms with Crippen molar-refractivity contribution in [3.8, 4) is 0 Å². The summed E-state index contributed by atoms with van der Waals surface area (Å²) in [5, 5.41) is 44.5. The van der Waals surface area contributed by atoms with Gasteiger partial charge in [-0.15, -0.1) is 0 Å². The lowest BCUT2D eigenvalue weighted by Gasteiger charge is -2.48. The molecule has 0 amide bonds. The van der Waals surface area contributed by atoms with Crippen molar-refractivity contribution in [1.29, 1.82) is 0 Å². The molecule has 4 rings (SSSR count). The fourth-order valence-corrected chi connectivity index (χ4v) is 8.56. The van der Waals surface area contributed by atoms with E-state index in [-0.39, 0.29) is 23.2 Å². The molecule has 0 unspecified atom stereocenters. The predicted molar refractivity (Wildman–Crippen MR) is 149 cm³/mol. The molecule has 0 saturated heterocycles. The Kier molecular flexibility index (Phi) is 8.61. The van der Waals surface area contributed by atoms with E-state index in [1.165, 1.54) is 38.5 Å². The van der Waals surface area contributed by atoms with Crippen LogP contribution in [0, 0.1) is 28.6 Å². The Labute approximate surface area is 233 Å². The summed E-state index contributed by atoms with van der Waals surface area (Å²) < 4.78 is 6.31. The third-order valence-corrected chi connectivity index (χ3v) is 10.8. The average Bonchev–Trinajstić information content (AvgIpc) is 3.30. The molecule has 7 heteroatoms. The van der Waals surface area contributed by atoms with Crippen LogP contribution in [0.25, 0.3) is 0 Å². The lowest BCUT2D eigenvalue weighted by molar-refractivity contribution is -0.191. The number of esters is 1. The van der Waals surface area contributed by atoms with Crippen LogP contribution in [-0.4, -0.2) is 62.2 Å². The molecular formula is C32H50O7. The van der Waals surface area contributed by atoms with Gasteiger partial charge in [-0.1, -0.05) is 91.2 Å². The van der Waals surface area contributed by atoms with Crippen LogP contribution >= 0.6 is 0 Å². The van der Waals surface area contributed by atoms with Crippen molar-refractivity contribution >= 4 is 11.8 Å². The number of carbonyl (C=O) groups excluding carboxylic acids is 2. The summed E-state index contributed by atoms with van der Waals surface area (Å²) in [5.41, 5.74) is -4.64. The van der Waals surface area contributed by atoms with E-state index in [0.717, 1.165) is 19.3 Å². The Morgan fingerprint density at radius 1 is 1.03 bits per heavy atom. The summed E-state index contributed by atoms with van der Waals surface area (Å²) in [6.07, 6.45) is 11.2. The van der Waals surface area contributed by atoms with Crippen molar-refractivity contribution in [3.63, 3.8) is 0 Å². The second-order valence-corrected chi connectivity index (χ2v) is 13.4. The first kappa shape index (κ1) is 30.4. The van der Waals surface area contributed by atoms with Gasteiger partial charge in [0.05, 0.1) is 12.0 Å². The Balaban J connectivity index is 1.53. The number of hydrogen-bond acceptors (Lipinski definition) is 7. The molecule has 0 heterocycles. The van der Waals surface area contributed by atoms with Gasteiger partial charge in [0, 0.05) is 23.7 Å². The summed E-state index contributed by atoms with van der Waals surface area (Å²) in [4.78, 5) is 27.5. The first-order valence-corrected chi connectivity index (χ1v) is 15.2. The van der Waals surface area contributed by atoms with Crippen molar-refractivity contribution in [2.24, 2.45) is 28.6 Å². The molecule has 4 aliphatic carbocycles. The maximum atomic E-state index is 14.4. The number of allylic oxidation sites excluding steroid dienone is 1. The number of carbonyl (C=O) groups is 2. The molecule has 0 aromatic heterocycles. The topological polar surface area (TPSA) is 124 Å². The average molecular weight is 547 g/mol. The van der Waals surface area contributed by atoms with Crippen LogP contribution in [0.2, 0.25) is 0 Å². The van der Waals surface area contributed by atoms with E-state index in [1.807, 2.05) is 20.8 Å². The molecule has 0 radical (unpaired) electrons. The number of aliphatic hydroxyl groups excluding tert-OH is 3. The molecule has 220 valence electrons. The maximum Gasteiger partial charge on any atom is 0.306 e. The summed E-state index contributed by atoms with van der Waals surface area (Å²) in [6.45, 7) is 9.16. The lowest BCUT2D eigenvalue weighted by Crippen LogP contribution is -2.65. The minimum absolute atomic E-state index is 0.117. The highest BCUT2D eigenvalue weighted by molar-refractivity contribution is 5.95. The van der Waals surface area contributed by atoms with Gasteiger partial charge < -0.3 is 25.2 Å². The number of rotatable bonds is 12. The largest absolute Gasteiger partial charge is 0.458 e. The summed E-state index contributed by atoms with van der Waals surface area (Å²) in [5.74, 6) is -2.21. The molecule has 7 nitrogen and oxygen atoms in total. The van der Waals surface area contributed by atoms with Crippen molar-refractivity contribution < 1.29 is 34.8 Å². The van der Waals surface area contributed by atoms with Crippen molar-refractivity contribution in [2.75, 3.05) is 6.61 Å². The smallest absolute Gasteiger partial charge is 0.306 e. The number of Topliss-reactive ketones (excluding diaryl/α,β-unsaturated/α-hetero) is 1. The number of hydrogen-bond donors (Lipinski definition) is 4. The van der Waals surface area contributed by atoms with Gasteiger partial charge in [0.1, 0.15) is 23.4 Å². The first-order valence-electron chi connectivity index (χ1n) is 15.2. The molecule has 4 aliphatic rings. The SMILES string of the molecule is CCCCCCCCCCCC(=O)O[C@]12C[C@H](C)[C@@]34C=C(C)[C@H](O)[C@@]3(O)[C@H](O)C(CO)=C[C@@H](C4=O)[C@H]1C2(C)C. The van der Waals surface area contributed by atoms with E-state index < -0.39 is 52.7 Å². The zero-order chi connectivity index (χ0) is 28.8. The Bertz CT molecular complexity index is 1010. The van der Waals surface area contributed by atoms with Gasteiger partial charge in [-0.3, -0.25) is 9.59 Å². The lowest BCUT2D eigenvalue weighted by atomic mass is 9.59. The number of aliphatic hydroxyl groups is 4. The fourth-order valence-electron chi connectivity index (χ4n) is 8.56. The minimum Gasteiger partial charge on any atom is -0.458 e. The van der Waals surface area contributed by atoms with E-state index in [4.69, 9.17) is 4.74 Å². The molecule has 0 aromatic rings. The number of ketones is 1. The zero-order valence-corrected chi connectivity index (χ0v) is 24.5. The fraction of sp³-hybridized carbons (Fsp3) is 0.812. The monoisotopic (exact) mass is 546 g/mol. The molecular weight excluding hydrogens is 496 g/mol. The highest BCUT2D eigenvalue weighted by Gasteiger charge is 2.83. The zero-order valence-electron chi connectivity index (χ0n) is 24.5. The van der Waals surface area contributed by atoms with Crippen LogP contribution in [0.5, 0.6) is 0 Å². The van der Waals surface area contributed by atoms with Crippen LogP contribution < -0.4 is 0 Å². The minimum atomic E-state index is -2.21. The van der Waals surface area contributed by atoms with Crippen molar-refractivity contribution in [3.05, 3.63) is 23.3 Å². The van der Waals surface area contributed by atoms with E-state index >= 15 is 0 Å². The highest BCUT2D eigenvalue weighted by atomic mass is 16.6. The maximum absolute atomic E-state index is 14.4. The third kappa shape index (κ3) is 4.47. The van der Waals surface area contributed by atoms with Gasteiger partial charge in [0.2, 0.25) is 0 Å². The first-order chi connectivity index (χ1) is 18.4. The normalized spacial score (nSPS) is 40.1. The molecule has 39 heavy (non-hydrogen) atoms. The van der Waals surface area contributed by atoms with Crippen LogP contribution in [0.4, 0.5) is 0 Å². The quantitative estimate of drug-likeness (QED) is 0.162. The van der Waals surface area contributed by atoms with Crippen LogP contribution in [-0.2, 0) is 14.3 Å². The summed E-state index contributed by atoms with van der Waals surface area (Å²) >= 11 is 0. The Morgan fingerprint density at radius 2 is 1.62 bits per heavy atom. The molecule has 1 spiro atoms. The molecule has 0 aromatic carbocycles. The van der Waals surface area contributed by atoms with Crippen LogP contribution in [0.15, 0.2) is 23.3 Å². The van der Waals surface area contributed by atoms with Crippen molar-refractivity contribution in [2.45, 2.75) is 129 Å². The molecule has 2 saturated carbocycles. The van der Waals surface area contributed by atoms with E-state index in [2.05, 4.69) is 6.92 Å². The van der Waals surface area contributed by atoms with Gasteiger partial charge in [-0.05, 0) is 36.8 Å². The number of fused-ring (bicyclic) bond motifs is 3. The van der Waals surface area contributed by atoms with Gasteiger partial charge in [-0.25, -0.2) is 0 Å². The van der Waals surface area contributed by atoms with Gasteiger partial charge in [0.25, 0.3) is 0 Å². The Hall–Kier alpha value is -1.54. The van der Waals surface area contributed by atoms with Gasteiger partial charge in [0.15, 0.2) is 5.78 Å². The third-order valence-electron chi connectivity index (χ3n) is 10.8. The standard InChI is InChI=1S/C32H50O7/c1-6-7-8-9-10-11-12-13-14-15-24(34)39-31-18-21(3)30-17-20(2)26(35)32(30,38)27(36)22(19-33)16-23(28(30)37)25(31)29(31,4)5/h16-17,21,23,25-27,33,35-36,38H,6-15,18-19H2,1-5H3/t21-,23+,25-,26-,27+,30+,31+,32+/m0/s1. The highest BCUT2D eigenvalue weighted by Crippen LogP contribution is 2.75. The summed E-state index contributed by atoms with van der Waals surface area (Å²) in [6, 6.07) is 0. The molecule has 2 fully saturated rings. The van der Waals surface area contributed by atoms with Crippen LogP contribution in [0.3, 0.4) is 0 Å². The molecule has 8 atom stereocenters. The second-order valence-electron chi connectivity index (χ2n) is 13.4. The second kappa shape index (κ2) is 11.0. The van der Waals surface area contributed by atoms with Crippen molar-refractivity contribution in [1.82, 2.24) is 0 Å². The number of ether oxygens (including phenoxy) is 1. The summed E-state index contributed by atoms with van der Waals surface area (Å²) in [7, 11) is 0. The van der Waals surface area contributed by atoms with Gasteiger partial charge in [-0.2, -0.15) is 0 Å². The molecule has 4 N–H and O–H groups in total. The molecule has 2 bridgehead atoms. The van der Waals surface area contributed by atoms with E-state index in [0.29, 0.717) is 18.4 Å².